The zero-order chi connectivity index (χ0) is 21.2. The third kappa shape index (κ3) is 3.96. The van der Waals surface area contributed by atoms with Gasteiger partial charge in [0.1, 0.15) is 18.3 Å². The van der Waals surface area contributed by atoms with Gasteiger partial charge < -0.3 is 9.84 Å². The Labute approximate surface area is 176 Å². The average molecular weight is 419 g/mol. The van der Waals surface area contributed by atoms with Crippen molar-refractivity contribution in [3.8, 4) is 5.82 Å². The van der Waals surface area contributed by atoms with Gasteiger partial charge in [-0.25, -0.2) is 14.3 Å². The zero-order valence-corrected chi connectivity index (χ0v) is 16.7. The van der Waals surface area contributed by atoms with Gasteiger partial charge in [0, 0.05) is 17.5 Å². The molecule has 4 aromatic rings. The highest BCUT2D eigenvalue weighted by Crippen LogP contribution is 2.27. The average Bonchev–Trinajstić information content (AvgIpc) is 3.46. The summed E-state index contributed by atoms with van der Waals surface area (Å²) < 4.78 is 8.32. The highest BCUT2D eigenvalue weighted by atomic mass is 16.5. The molecule has 0 aliphatic heterocycles. The first-order valence-corrected chi connectivity index (χ1v) is 10.2. The molecule has 158 valence electrons. The standard InChI is InChI=1S/C21H21N7O3/c29-20(11-17-16-3-1-2-4-18(16)31-26-17)24-14-5-7-15(8-6-14)28-21(30)10-9-19(25-28)27-13-22-12-23-27/h1-4,9-10,12-15H,5-8,11H2,(H,24,29). The number of carbonyl (C=O) groups excluding carboxylic acids is 1. The highest BCUT2D eigenvalue weighted by Gasteiger charge is 2.25. The van der Waals surface area contributed by atoms with Crippen molar-refractivity contribution in [1.29, 1.82) is 0 Å². The molecule has 1 fully saturated rings. The summed E-state index contributed by atoms with van der Waals surface area (Å²) in [4.78, 5) is 28.8. The second-order valence-electron chi connectivity index (χ2n) is 7.69. The lowest BCUT2D eigenvalue weighted by Gasteiger charge is -2.29. The molecule has 0 radical (unpaired) electrons. The van der Waals surface area contributed by atoms with Gasteiger partial charge in [-0.1, -0.05) is 17.3 Å². The summed E-state index contributed by atoms with van der Waals surface area (Å²) >= 11 is 0. The Morgan fingerprint density at radius 1 is 1.13 bits per heavy atom. The number of benzene rings is 1. The summed E-state index contributed by atoms with van der Waals surface area (Å²) in [7, 11) is 0. The van der Waals surface area contributed by atoms with Crippen molar-refractivity contribution in [3.63, 3.8) is 0 Å². The SMILES string of the molecule is O=C(Cc1noc2ccccc12)NC1CCC(n2nc(-n3cncn3)ccc2=O)CC1. The Balaban J connectivity index is 1.20. The van der Waals surface area contributed by atoms with Gasteiger partial charge in [0.05, 0.1) is 12.5 Å². The van der Waals surface area contributed by atoms with E-state index in [1.165, 1.54) is 21.8 Å². The zero-order valence-electron chi connectivity index (χ0n) is 16.7. The molecule has 0 saturated heterocycles. The second-order valence-corrected chi connectivity index (χ2v) is 7.69. The normalized spacial score (nSPS) is 18.8. The van der Waals surface area contributed by atoms with Crippen LogP contribution in [0.1, 0.15) is 37.4 Å². The molecule has 3 aromatic heterocycles. The van der Waals surface area contributed by atoms with Gasteiger partial charge in [0.25, 0.3) is 5.56 Å². The number of hydrogen-bond acceptors (Lipinski definition) is 7. The Kier molecular flexibility index (Phi) is 5.03. The molecular weight excluding hydrogens is 398 g/mol. The first-order chi connectivity index (χ1) is 15.2. The van der Waals surface area contributed by atoms with Crippen LogP contribution in [0.4, 0.5) is 0 Å². The second kappa shape index (κ2) is 8.13. The van der Waals surface area contributed by atoms with Gasteiger partial charge in [-0.2, -0.15) is 5.10 Å². The lowest BCUT2D eigenvalue weighted by atomic mass is 9.91. The van der Waals surface area contributed by atoms with Crippen molar-refractivity contribution in [3.05, 3.63) is 65.1 Å². The van der Waals surface area contributed by atoms with Gasteiger partial charge in [-0.05, 0) is 43.9 Å². The number of rotatable bonds is 5. The summed E-state index contributed by atoms with van der Waals surface area (Å²) in [6, 6.07) is 10.7. The van der Waals surface area contributed by atoms with E-state index in [9.17, 15) is 9.59 Å². The molecule has 1 N–H and O–H groups in total. The summed E-state index contributed by atoms with van der Waals surface area (Å²) in [5.41, 5.74) is 1.17. The Morgan fingerprint density at radius 2 is 1.97 bits per heavy atom. The monoisotopic (exact) mass is 419 g/mol. The van der Waals surface area contributed by atoms with Gasteiger partial charge in [0.2, 0.25) is 5.91 Å². The number of aromatic nitrogens is 6. The number of para-hydroxylation sites is 1. The number of amides is 1. The summed E-state index contributed by atoms with van der Waals surface area (Å²) in [6.07, 6.45) is 6.21. The van der Waals surface area contributed by atoms with Gasteiger partial charge in [0.15, 0.2) is 11.4 Å². The largest absolute Gasteiger partial charge is 0.356 e. The topological polar surface area (TPSA) is 121 Å². The van der Waals surface area contributed by atoms with Crippen molar-refractivity contribution in [2.45, 2.75) is 44.2 Å². The molecule has 31 heavy (non-hydrogen) atoms. The number of nitrogens with zero attached hydrogens (tertiary/aromatic N) is 6. The fraction of sp³-hybridized carbons (Fsp3) is 0.333. The van der Waals surface area contributed by atoms with E-state index < -0.39 is 0 Å². The molecule has 1 aromatic carbocycles. The molecule has 0 unspecified atom stereocenters. The highest BCUT2D eigenvalue weighted by molar-refractivity contribution is 5.86. The Morgan fingerprint density at radius 3 is 2.77 bits per heavy atom. The van der Waals surface area contributed by atoms with E-state index in [0.717, 1.165) is 31.1 Å². The quantitative estimate of drug-likeness (QED) is 0.524. The van der Waals surface area contributed by atoms with Crippen LogP contribution in [0, 0.1) is 0 Å². The van der Waals surface area contributed by atoms with Crippen LogP contribution in [-0.2, 0) is 11.2 Å². The van der Waals surface area contributed by atoms with Crippen LogP contribution in [0.5, 0.6) is 0 Å². The fourth-order valence-electron chi connectivity index (χ4n) is 4.09. The van der Waals surface area contributed by atoms with Crippen LogP contribution in [0.2, 0.25) is 0 Å². The van der Waals surface area contributed by atoms with E-state index in [1.807, 2.05) is 24.3 Å². The summed E-state index contributed by atoms with van der Waals surface area (Å²) in [5, 5.41) is 16.5. The molecule has 10 nitrogen and oxygen atoms in total. The minimum absolute atomic E-state index is 0.0105. The van der Waals surface area contributed by atoms with Crippen LogP contribution in [0.25, 0.3) is 16.8 Å². The molecule has 3 heterocycles. The summed E-state index contributed by atoms with van der Waals surface area (Å²) in [6.45, 7) is 0. The van der Waals surface area contributed by atoms with Crippen molar-refractivity contribution in [2.24, 2.45) is 0 Å². The van der Waals surface area contributed by atoms with Crippen LogP contribution < -0.4 is 10.9 Å². The first-order valence-electron chi connectivity index (χ1n) is 10.2. The maximum absolute atomic E-state index is 12.5. The Bertz CT molecular complexity index is 1250. The Hall–Kier alpha value is -3.82. The van der Waals surface area contributed by atoms with Crippen LogP contribution >= 0.6 is 0 Å². The van der Waals surface area contributed by atoms with E-state index in [2.05, 4.69) is 25.7 Å². The van der Waals surface area contributed by atoms with Crippen LogP contribution in [-0.4, -0.2) is 41.7 Å². The van der Waals surface area contributed by atoms with Crippen LogP contribution in [0.3, 0.4) is 0 Å². The fourth-order valence-corrected chi connectivity index (χ4v) is 4.09. The van der Waals surface area contributed by atoms with E-state index in [4.69, 9.17) is 4.52 Å². The molecular formula is C21H21N7O3. The van der Waals surface area contributed by atoms with Crippen molar-refractivity contribution in [2.75, 3.05) is 0 Å². The number of nitrogens with one attached hydrogen (secondary N) is 1. The molecule has 0 bridgehead atoms. The van der Waals surface area contributed by atoms with E-state index >= 15 is 0 Å². The first kappa shape index (κ1) is 19.2. The molecule has 0 spiro atoms. The third-order valence-corrected chi connectivity index (χ3v) is 5.65. The molecule has 1 aliphatic rings. The number of hydrogen-bond donors (Lipinski definition) is 1. The smallest absolute Gasteiger partial charge is 0.267 e. The minimum atomic E-state index is -0.144. The molecule has 5 rings (SSSR count). The minimum Gasteiger partial charge on any atom is -0.356 e. The summed E-state index contributed by atoms with van der Waals surface area (Å²) in [5.74, 6) is 0.471. The van der Waals surface area contributed by atoms with Crippen molar-refractivity contribution >= 4 is 16.9 Å². The van der Waals surface area contributed by atoms with Crippen LogP contribution in [0.15, 0.2) is 58.4 Å². The molecule has 1 amide bonds. The number of carbonyl (C=O) groups is 1. The number of fused-ring (bicyclic) bond motifs is 1. The van der Waals surface area contributed by atoms with Gasteiger partial charge in [-0.15, -0.1) is 5.10 Å². The molecule has 1 aliphatic carbocycles. The molecule has 0 atom stereocenters. The predicted molar refractivity (Wildman–Crippen MR) is 111 cm³/mol. The van der Waals surface area contributed by atoms with Crippen molar-refractivity contribution < 1.29 is 9.32 Å². The van der Waals surface area contributed by atoms with Gasteiger partial charge in [-0.3, -0.25) is 9.59 Å². The van der Waals surface area contributed by atoms with E-state index in [0.29, 0.717) is 17.1 Å². The predicted octanol–water partition coefficient (Wildman–Crippen LogP) is 1.81. The van der Waals surface area contributed by atoms with E-state index in [1.54, 1.807) is 12.4 Å². The van der Waals surface area contributed by atoms with Crippen molar-refractivity contribution in [1.82, 2.24) is 35.0 Å². The lowest BCUT2D eigenvalue weighted by molar-refractivity contribution is -0.121. The molecule has 10 heteroatoms. The lowest BCUT2D eigenvalue weighted by Crippen LogP contribution is -2.40. The maximum atomic E-state index is 12.5. The molecule has 1 saturated carbocycles. The third-order valence-electron chi connectivity index (χ3n) is 5.65. The maximum Gasteiger partial charge on any atom is 0.267 e. The van der Waals surface area contributed by atoms with E-state index in [-0.39, 0.29) is 30.0 Å². The van der Waals surface area contributed by atoms with Gasteiger partial charge >= 0.3 is 0 Å².